The Balaban J connectivity index is 1.67. The van der Waals surface area contributed by atoms with Gasteiger partial charge in [0.15, 0.2) is 0 Å². The van der Waals surface area contributed by atoms with Gasteiger partial charge in [0, 0.05) is 24.2 Å². The maximum absolute atomic E-state index is 3.85. The van der Waals surface area contributed by atoms with Gasteiger partial charge in [0.05, 0.1) is 5.70 Å². The van der Waals surface area contributed by atoms with E-state index in [0.717, 1.165) is 12.8 Å². The summed E-state index contributed by atoms with van der Waals surface area (Å²) in [6.45, 7) is 14.2. The van der Waals surface area contributed by atoms with Crippen LogP contribution in [0.4, 0.5) is 0 Å². The average molecular weight is 441 g/mol. The zero-order valence-electron chi connectivity index (χ0n) is 21.2. The van der Waals surface area contributed by atoms with E-state index in [0.29, 0.717) is 11.3 Å². The van der Waals surface area contributed by atoms with Crippen LogP contribution in [0.25, 0.3) is 0 Å². The van der Waals surface area contributed by atoms with Gasteiger partial charge in [-0.05, 0) is 46.4 Å². The summed E-state index contributed by atoms with van der Waals surface area (Å²) in [5.41, 5.74) is 7.18. The molecule has 1 N–H and O–H groups in total. The van der Waals surface area contributed by atoms with Gasteiger partial charge in [-0.15, -0.1) is 0 Å². The van der Waals surface area contributed by atoms with E-state index in [1.807, 2.05) is 0 Å². The van der Waals surface area contributed by atoms with E-state index < -0.39 is 0 Å². The van der Waals surface area contributed by atoms with Gasteiger partial charge in [0.1, 0.15) is 6.17 Å². The molecule has 0 saturated carbocycles. The van der Waals surface area contributed by atoms with Crippen LogP contribution in [0.1, 0.15) is 84.0 Å². The number of nitrogens with zero attached hydrogens (tertiary/aromatic N) is 1. The number of rotatable bonds is 4. The molecule has 33 heavy (non-hydrogen) atoms. The van der Waals surface area contributed by atoms with Gasteiger partial charge in [-0.3, -0.25) is 0 Å². The summed E-state index contributed by atoms with van der Waals surface area (Å²) in [5.74, 6) is 0.530. The molecule has 0 spiro atoms. The van der Waals surface area contributed by atoms with Crippen LogP contribution in [-0.4, -0.2) is 4.90 Å². The molecule has 0 bridgehead atoms. The second kappa shape index (κ2) is 9.25. The smallest absolute Gasteiger partial charge is 0.130 e. The number of hydrogen-bond donors (Lipinski definition) is 1. The molecule has 1 aliphatic heterocycles. The van der Waals surface area contributed by atoms with E-state index in [1.165, 1.54) is 34.6 Å². The van der Waals surface area contributed by atoms with Gasteiger partial charge in [-0.25, -0.2) is 0 Å². The lowest BCUT2D eigenvalue weighted by Crippen LogP contribution is -2.29. The molecule has 0 aromatic heterocycles. The van der Waals surface area contributed by atoms with Crippen LogP contribution in [0.3, 0.4) is 0 Å². The summed E-state index contributed by atoms with van der Waals surface area (Å²) >= 11 is 0. The van der Waals surface area contributed by atoms with Crippen LogP contribution in [0.5, 0.6) is 0 Å². The molecule has 3 aliphatic rings. The Kier molecular flexibility index (Phi) is 6.56. The molecule has 0 radical (unpaired) electrons. The van der Waals surface area contributed by atoms with Crippen molar-refractivity contribution in [1.29, 1.82) is 0 Å². The van der Waals surface area contributed by atoms with Crippen molar-refractivity contribution in [3.63, 3.8) is 0 Å². The van der Waals surface area contributed by atoms with E-state index >= 15 is 0 Å². The fraction of sp³-hybridized carbons (Fsp3) is 0.419. The van der Waals surface area contributed by atoms with Gasteiger partial charge in [0.25, 0.3) is 0 Å². The Labute approximate surface area is 201 Å². The lowest BCUT2D eigenvalue weighted by molar-refractivity contribution is 0.229. The zero-order valence-corrected chi connectivity index (χ0v) is 21.2. The maximum Gasteiger partial charge on any atom is 0.130 e. The third kappa shape index (κ3) is 5.43. The molecular formula is C31H40N2. The molecule has 0 fully saturated rings. The Morgan fingerprint density at radius 2 is 1.58 bits per heavy atom. The van der Waals surface area contributed by atoms with Crippen molar-refractivity contribution in [1.82, 2.24) is 10.2 Å². The fourth-order valence-electron chi connectivity index (χ4n) is 5.09. The highest BCUT2D eigenvalue weighted by Gasteiger charge is 2.34. The van der Waals surface area contributed by atoms with E-state index in [-0.39, 0.29) is 11.6 Å². The summed E-state index contributed by atoms with van der Waals surface area (Å²) in [6, 6.07) is 9.43. The van der Waals surface area contributed by atoms with E-state index in [9.17, 15) is 0 Å². The van der Waals surface area contributed by atoms with Crippen LogP contribution in [0, 0.1) is 10.8 Å². The number of benzene rings is 1. The zero-order chi connectivity index (χ0) is 23.6. The molecule has 2 unspecified atom stereocenters. The van der Waals surface area contributed by atoms with Crippen molar-refractivity contribution in [2.45, 2.75) is 72.9 Å². The van der Waals surface area contributed by atoms with Crippen molar-refractivity contribution in [2.24, 2.45) is 10.8 Å². The third-order valence-corrected chi connectivity index (χ3v) is 6.76. The number of nitrogens with one attached hydrogen (secondary N) is 1. The van der Waals surface area contributed by atoms with E-state index in [2.05, 4.69) is 131 Å². The molecule has 2 heteroatoms. The van der Waals surface area contributed by atoms with E-state index in [4.69, 9.17) is 0 Å². The Morgan fingerprint density at radius 1 is 0.879 bits per heavy atom. The quantitative estimate of drug-likeness (QED) is 0.506. The standard InChI is InChI=1S/C31H40N2/c1-30(2,3)22-26(31(4,5)6)23-18-20-24(21-19-23)29-32-27-16-12-9-13-17-28(27)33(29)25-14-10-7-8-11-15-25/h7-14,17-21,26,29,32H,15-16,22H2,1-6H3. The Morgan fingerprint density at radius 3 is 2.27 bits per heavy atom. The molecule has 1 aromatic rings. The minimum Gasteiger partial charge on any atom is -0.363 e. The topological polar surface area (TPSA) is 15.3 Å². The lowest BCUT2D eigenvalue weighted by atomic mass is 9.69. The molecule has 2 aliphatic carbocycles. The number of hydrogen-bond acceptors (Lipinski definition) is 2. The van der Waals surface area contributed by atoms with Crippen molar-refractivity contribution in [2.75, 3.05) is 0 Å². The lowest BCUT2D eigenvalue weighted by Gasteiger charge is -2.36. The minimum absolute atomic E-state index is 0.113. The summed E-state index contributed by atoms with van der Waals surface area (Å²) in [5, 5.41) is 3.85. The van der Waals surface area contributed by atoms with E-state index in [1.54, 1.807) is 0 Å². The molecule has 0 saturated heterocycles. The molecule has 1 heterocycles. The van der Waals surface area contributed by atoms with Crippen LogP contribution in [0.2, 0.25) is 0 Å². The first-order chi connectivity index (χ1) is 15.6. The summed E-state index contributed by atoms with van der Waals surface area (Å²) in [7, 11) is 0. The van der Waals surface area contributed by atoms with Gasteiger partial charge < -0.3 is 10.2 Å². The fourth-order valence-corrected chi connectivity index (χ4v) is 5.09. The normalized spacial score (nSPS) is 21.5. The molecule has 4 rings (SSSR count). The van der Waals surface area contributed by atoms with Crippen molar-refractivity contribution in [3.8, 4) is 0 Å². The summed E-state index contributed by atoms with van der Waals surface area (Å²) in [4.78, 5) is 2.49. The molecule has 2 nitrogen and oxygen atoms in total. The number of allylic oxidation sites excluding steroid dienone is 9. The largest absolute Gasteiger partial charge is 0.363 e. The van der Waals surface area contributed by atoms with Crippen LogP contribution in [0.15, 0.2) is 96.0 Å². The maximum atomic E-state index is 3.85. The highest BCUT2D eigenvalue weighted by atomic mass is 15.3. The van der Waals surface area contributed by atoms with Gasteiger partial charge in [-0.2, -0.15) is 0 Å². The first-order valence-electron chi connectivity index (χ1n) is 12.4. The monoisotopic (exact) mass is 440 g/mol. The first-order valence-corrected chi connectivity index (χ1v) is 12.4. The predicted molar refractivity (Wildman–Crippen MR) is 141 cm³/mol. The third-order valence-electron chi connectivity index (χ3n) is 6.76. The van der Waals surface area contributed by atoms with Crippen molar-refractivity contribution in [3.05, 3.63) is 107 Å². The van der Waals surface area contributed by atoms with Crippen molar-refractivity contribution < 1.29 is 0 Å². The van der Waals surface area contributed by atoms with Gasteiger partial charge in [-0.1, -0.05) is 108 Å². The second-order valence-corrected chi connectivity index (χ2v) is 11.8. The summed E-state index contributed by atoms with van der Waals surface area (Å²) < 4.78 is 0. The SMILES string of the molecule is CC(C)(C)CC(c1ccc(C2NC3=C(C=CC=CC3)N2C2=CC=CC=CC2)cc1)C(C)(C)C. The van der Waals surface area contributed by atoms with Gasteiger partial charge >= 0.3 is 0 Å². The summed E-state index contributed by atoms with van der Waals surface area (Å²) in [6.07, 6.45) is 22.8. The minimum atomic E-state index is 0.113. The van der Waals surface area contributed by atoms with Crippen LogP contribution < -0.4 is 5.32 Å². The van der Waals surface area contributed by atoms with Crippen LogP contribution >= 0.6 is 0 Å². The second-order valence-electron chi connectivity index (χ2n) is 11.8. The highest BCUT2D eigenvalue weighted by molar-refractivity contribution is 5.42. The van der Waals surface area contributed by atoms with Crippen molar-refractivity contribution >= 4 is 0 Å². The van der Waals surface area contributed by atoms with Gasteiger partial charge in [0.2, 0.25) is 0 Å². The van der Waals surface area contributed by atoms with Crippen LogP contribution in [-0.2, 0) is 0 Å². The molecule has 2 atom stereocenters. The average Bonchev–Trinajstić information content (AvgIpc) is 2.94. The molecule has 174 valence electrons. The molecule has 1 aromatic carbocycles. The first kappa shape index (κ1) is 23.4. The predicted octanol–water partition coefficient (Wildman–Crippen LogP) is 8.28. The Bertz CT molecular complexity index is 1030. The molecule has 0 amide bonds. The highest BCUT2D eigenvalue weighted by Crippen LogP contribution is 2.44. The molecular weight excluding hydrogens is 400 g/mol. The Hall–Kier alpha value is -2.74.